The first-order valence-electron chi connectivity index (χ1n) is 9.95. The lowest BCUT2D eigenvalue weighted by molar-refractivity contribution is -0.111. The van der Waals surface area contributed by atoms with Crippen LogP contribution in [-0.4, -0.2) is 37.2 Å². The van der Waals surface area contributed by atoms with Gasteiger partial charge in [-0.3, -0.25) is 4.79 Å². The molecule has 162 valence electrons. The van der Waals surface area contributed by atoms with Crippen LogP contribution in [0.1, 0.15) is 5.56 Å². The third kappa shape index (κ3) is 4.41. The fraction of sp³-hybridized carbons (Fsp3) is 0.120. The number of carbonyl (C=O) groups is 1. The number of anilines is 1. The third-order valence-electron chi connectivity index (χ3n) is 4.91. The Morgan fingerprint density at radius 1 is 0.938 bits per heavy atom. The van der Waals surface area contributed by atoms with Gasteiger partial charge in [0.05, 0.1) is 32.4 Å². The number of nitrogens with zero attached hydrogens (tertiary/aromatic N) is 1. The highest BCUT2D eigenvalue weighted by Crippen LogP contribution is 2.38. The zero-order valence-electron chi connectivity index (χ0n) is 18.0. The van der Waals surface area contributed by atoms with Crippen LogP contribution >= 0.6 is 0 Å². The molecule has 0 atom stereocenters. The average molecular weight is 429 g/mol. The van der Waals surface area contributed by atoms with Gasteiger partial charge in [-0.05, 0) is 48.0 Å². The lowest BCUT2D eigenvalue weighted by Crippen LogP contribution is -2.07. The van der Waals surface area contributed by atoms with E-state index < -0.39 is 0 Å². The van der Waals surface area contributed by atoms with Crippen molar-refractivity contribution in [3.63, 3.8) is 0 Å². The van der Waals surface area contributed by atoms with Crippen LogP contribution in [-0.2, 0) is 4.79 Å². The maximum absolute atomic E-state index is 12.5. The largest absolute Gasteiger partial charge is 0.493 e. The number of nitrogens with one attached hydrogen (secondary N) is 2. The minimum Gasteiger partial charge on any atom is -0.493 e. The Kier molecular flexibility index (Phi) is 6.07. The lowest BCUT2D eigenvalue weighted by atomic mass is 10.1. The smallest absolute Gasteiger partial charge is 0.248 e. The van der Waals surface area contributed by atoms with Gasteiger partial charge < -0.3 is 24.5 Å². The van der Waals surface area contributed by atoms with Gasteiger partial charge in [0.25, 0.3) is 0 Å². The number of fused-ring (bicyclic) bond motifs is 1. The van der Waals surface area contributed by atoms with Gasteiger partial charge in [0.15, 0.2) is 11.5 Å². The van der Waals surface area contributed by atoms with Crippen molar-refractivity contribution < 1.29 is 19.0 Å². The van der Waals surface area contributed by atoms with Crippen LogP contribution in [0.25, 0.3) is 28.5 Å². The average Bonchev–Trinajstić information content (AvgIpc) is 3.26. The first-order valence-corrected chi connectivity index (χ1v) is 9.95. The monoisotopic (exact) mass is 429 g/mol. The second kappa shape index (κ2) is 9.26. The second-order valence-electron chi connectivity index (χ2n) is 6.96. The Bertz CT molecular complexity index is 1240. The predicted octanol–water partition coefficient (Wildman–Crippen LogP) is 4.91. The highest BCUT2D eigenvalue weighted by atomic mass is 16.5. The molecule has 0 saturated heterocycles. The van der Waals surface area contributed by atoms with E-state index in [1.807, 2.05) is 48.5 Å². The normalized spacial score (nSPS) is 11.0. The quantitative estimate of drug-likeness (QED) is 0.408. The van der Waals surface area contributed by atoms with Crippen molar-refractivity contribution in [3.8, 4) is 28.6 Å². The van der Waals surface area contributed by atoms with Crippen molar-refractivity contribution in [1.29, 1.82) is 0 Å². The number of hydrogen-bond donors (Lipinski definition) is 2. The summed E-state index contributed by atoms with van der Waals surface area (Å²) >= 11 is 0. The fourth-order valence-electron chi connectivity index (χ4n) is 3.39. The van der Waals surface area contributed by atoms with Crippen molar-refractivity contribution in [2.45, 2.75) is 0 Å². The molecule has 4 rings (SSSR count). The Balaban J connectivity index is 1.51. The van der Waals surface area contributed by atoms with Crippen molar-refractivity contribution >= 4 is 28.7 Å². The van der Waals surface area contributed by atoms with Crippen molar-refractivity contribution in [1.82, 2.24) is 9.97 Å². The number of carbonyl (C=O) groups excluding carboxylic acids is 1. The number of aromatic amines is 1. The zero-order chi connectivity index (χ0) is 22.5. The Hall–Kier alpha value is -4.26. The molecule has 32 heavy (non-hydrogen) atoms. The molecular weight excluding hydrogens is 406 g/mol. The van der Waals surface area contributed by atoms with Gasteiger partial charge in [0.1, 0.15) is 5.82 Å². The molecule has 0 fully saturated rings. The summed E-state index contributed by atoms with van der Waals surface area (Å²) < 4.78 is 16.0. The van der Waals surface area contributed by atoms with Gasteiger partial charge in [-0.2, -0.15) is 0 Å². The zero-order valence-corrected chi connectivity index (χ0v) is 18.0. The summed E-state index contributed by atoms with van der Waals surface area (Å²) in [5.74, 6) is 2.02. The molecular formula is C25H23N3O4. The van der Waals surface area contributed by atoms with E-state index in [1.54, 1.807) is 39.5 Å². The van der Waals surface area contributed by atoms with E-state index in [4.69, 9.17) is 14.2 Å². The number of para-hydroxylation sites is 2. The highest BCUT2D eigenvalue weighted by molar-refractivity contribution is 6.02. The van der Waals surface area contributed by atoms with E-state index in [0.29, 0.717) is 22.9 Å². The van der Waals surface area contributed by atoms with Crippen LogP contribution in [0.15, 0.2) is 66.7 Å². The van der Waals surface area contributed by atoms with Crippen LogP contribution in [0.4, 0.5) is 5.69 Å². The minimum atomic E-state index is -0.263. The Morgan fingerprint density at radius 2 is 1.69 bits per heavy atom. The van der Waals surface area contributed by atoms with Crippen LogP contribution in [0, 0.1) is 0 Å². The Morgan fingerprint density at radius 3 is 2.38 bits per heavy atom. The van der Waals surface area contributed by atoms with E-state index in [2.05, 4.69) is 15.3 Å². The van der Waals surface area contributed by atoms with E-state index >= 15 is 0 Å². The first-order chi connectivity index (χ1) is 15.6. The highest BCUT2D eigenvalue weighted by Gasteiger charge is 2.12. The van der Waals surface area contributed by atoms with Crippen molar-refractivity contribution in [2.24, 2.45) is 0 Å². The Labute approximate surface area is 185 Å². The number of aromatic nitrogens is 2. The maximum Gasteiger partial charge on any atom is 0.248 e. The first kappa shape index (κ1) is 21.0. The molecule has 7 nitrogen and oxygen atoms in total. The second-order valence-corrected chi connectivity index (χ2v) is 6.96. The summed E-state index contributed by atoms with van der Waals surface area (Å²) in [6.07, 6.45) is 3.14. The molecule has 1 amide bonds. The SMILES string of the molecule is COc1cc(/C=C/C(=O)Nc2cccc(-c3nc4ccccc4[nH]3)c2)cc(OC)c1OC. The number of H-pyrrole nitrogens is 1. The van der Waals surface area contributed by atoms with Crippen LogP contribution in [0.2, 0.25) is 0 Å². The summed E-state index contributed by atoms with van der Waals surface area (Å²) in [4.78, 5) is 20.4. The van der Waals surface area contributed by atoms with Gasteiger partial charge in [0.2, 0.25) is 11.7 Å². The molecule has 2 N–H and O–H groups in total. The summed E-state index contributed by atoms with van der Waals surface area (Å²) in [5, 5.41) is 2.88. The molecule has 4 aromatic rings. The molecule has 0 aliphatic heterocycles. The molecule has 0 aliphatic carbocycles. The number of ether oxygens (including phenoxy) is 3. The van der Waals surface area contributed by atoms with E-state index in [-0.39, 0.29) is 5.91 Å². The maximum atomic E-state index is 12.5. The molecule has 3 aromatic carbocycles. The molecule has 1 aromatic heterocycles. The molecule has 0 bridgehead atoms. The summed E-state index contributed by atoms with van der Waals surface area (Å²) in [6.45, 7) is 0. The molecule has 7 heteroatoms. The number of methoxy groups -OCH3 is 3. The molecule has 0 spiro atoms. The van der Waals surface area contributed by atoms with E-state index in [1.165, 1.54) is 6.08 Å². The summed E-state index contributed by atoms with van der Waals surface area (Å²) in [7, 11) is 4.64. The number of amides is 1. The molecule has 0 radical (unpaired) electrons. The van der Waals surface area contributed by atoms with Crippen LogP contribution in [0.5, 0.6) is 17.2 Å². The summed E-state index contributed by atoms with van der Waals surface area (Å²) in [5.41, 5.74) is 4.15. The molecule has 0 unspecified atom stereocenters. The number of hydrogen-bond acceptors (Lipinski definition) is 5. The number of benzene rings is 3. The predicted molar refractivity (Wildman–Crippen MR) is 125 cm³/mol. The molecule has 1 heterocycles. The number of imidazole rings is 1. The van der Waals surface area contributed by atoms with Gasteiger partial charge in [-0.25, -0.2) is 4.98 Å². The topological polar surface area (TPSA) is 85.5 Å². The molecule has 0 saturated carbocycles. The van der Waals surface area contributed by atoms with Gasteiger partial charge in [-0.1, -0.05) is 24.3 Å². The van der Waals surface area contributed by atoms with Crippen molar-refractivity contribution in [3.05, 3.63) is 72.3 Å². The number of rotatable bonds is 7. The van der Waals surface area contributed by atoms with Gasteiger partial charge >= 0.3 is 0 Å². The third-order valence-corrected chi connectivity index (χ3v) is 4.91. The standard InChI is InChI=1S/C25H23N3O4/c1-30-21-13-16(14-22(31-2)24(21)32-3)11-12-23(29)26-18-8-6-7-17(15-18)25-27-19-9-4-5-10-20(19)28-25/h4-15H,1-3H3,(H,26,29)(H,27,28)/b12-11+. The lowest BCUT2D eigenvalue weighted by Gasteiger charge is -2.12. The fourth-order valence-corrected chi connectivity index (χ4v) is 3.39. The van der Waals surface area contributed by atoms with Crippen LogP contribution < -0.4 is 19.5 Å². The minimum absolute atomic E-state index is 0.263. The van der Waals surface area contributed by atoms with Gasteiger partial charge in [-0.15, -0.1) is 0 Å². The van der Waals surface area contributed by atoms with Crippen LogP contribution in [0.3, 0.4) is 0 Å². The van der Waals surface area contributed by atoms with Crippen molar-refractivity contribution in [2.75, 3.05) is 26.6 Å². The van der Waals surface area contributed by atoms with Gasteiger partial charge in [0, 0.05) is 17.3 Å². The summed E-state index contributed by atoms with van der Waals surface area (Å²) in [6, 6.07) is 18.9. The molecule has 0 aliphatic rings. The van der Waals surface area contributed by atoms with E-state index in [0.717, 1.165) is 28.0 Å². The van der Waals surface area contributed by atoms with E-state index in [9.17, 15) is 4.79 Å².